The van der Waals surface area contributed by atoms with Crippen LogP contribution < -0.4 is 0 Å². The van der Waals surface area contributed by atoms with Gasteiger partial charge in [-0.05, 0) is 24.6 Å². The fourth-order valence-electron chi connectivity index (χ4n) is 2.34. The summed E-state index contributed by atoms with van der Waals surface area (Å²) >= 11 is 0. The van der Waals surface area contributed by atoms with Crippen molar-refractivity contribution in [3.8, 4) is 0 Å². The Bertz CT molecular complexity index is 548. The van der Waals surface area contributed by atoms with Gasteiger partial charge < -0.3 is 9.53 Å². The Morgan fingerprint density at radius 3 is 2.57 bits per heavy atom. The third-order valence-corrected chi connectivity index (χ3v) is 9.17. The Kier molecular flexibility index (Phi) is 4.01. The maximum atomic E-state index is 11.1. The minimum absolute atomic E-state index is 0.109. The molecule has 2 heterocycles. The summed E-state index contributed by atoms with van der Waals surface area (Å²) < 4.78 is 8.19. The molecule has 2 rings (SSSR count). The Morgan fingerprint density at radius 1 is 1.48 bits per heavy atom. The van der Waals surface area contributed by atoms with Crippen molar-refractivity contribution in [3.05, 3.63) is 11.6 Å². The molecule has 1 N–H and O–H groups in total. The molecule has 2 atom stereocenters. The maximum Gasteiger partial charge on any atom is 0.375 e. The zero-order valence-electron chi connectivity index (χ0n) is 13.7. The van der Waals surface area contributed by atoms with Crippen LogP contribution in [0.25, 0.3) is 0 Å². The number of carbonyl (C=O) groups is 1. The van der Waals surface area contributed by atoms with Gasteiger partial charge >= 0.3 is 5.97 Å². The Balaban J connectivity index is 2.31. The van der Waals surface area contributed by atoms with E-state index in [0.717, 1.165) is 12.8 Å². The first-order valence-electron chi connectivity index (χ1n) is 7.44. The smallest absolute Gasteiger partial charge is 0.375 e. The molecule has 6 nitrogen and oxygen atoms in total. The predicted molar refractivity (Wildman–Crippen MR) is 81.9 cm³/mol. The number of nitrogens with zero attached hydrogens (tertiary/aromatic N) is 3. The lowest BCUT2D eigenvalue weighted by atomic mass is 10.1. The zero-order valence-corrected chi connectivity index (χ0v) is 14.7. The van der Waals surface area contributed by atoms with Crippen molar-refractivity contribution in [2.24, 2.45) is 0 Å². The number of hydrogen-bond acceptors (Lipinski definition) is 4. The van der Waals surface area contributed by atoms with Crippen LogP contribution in [0.3, 0.4) is 0 Å². The maximum absolute atomic E-state index is 11.1. The van der Waals surface area contributed by atoms with E-state index in [4.69, 9.17) is 9.53 Å². The van der Waals surface area contributed by atoms with Gasteiger partial charge in [-0.15, -0.1) is 5.10 Å². The van der Waals surface area contributed by atoms with Crippen LogP contribution in [0.2, 0.25) is 18.1 Å². The Morgan fingerprint density at radius 2 is 2.10 bits per heavy atom. The molecule has 2 unspecified atom stereocenters. The molecule has 0 aliphatic carbocycles. The van der Waals surface area contributed by atoms with Gasteiger partial charge in [-0.3, -0.25) is 0 Å². The van der Waals surface area contributed by atoms with E-state index in [-0.39, 0.29) is 23.0 Å². The van der Waals surface area contributed by atoms with Gasteiger partial charge in [-0.2, -0.15) is 0 Å². The Labute approximate surface area is 126 Å². The number of aromatic carboxylic acids is 1. The van der Waals surface area contributed by atoms with E-state index in [9.17, 15) is 4.79 Å². The fraction of sp³-hybridized carbons (Fsp3) is 0.786. The van der Waals surface area contributed by atoms with Crippen LogP contribution in [0.1, 0.15) is 69.1 Å². The number of carboxylic acid groups (broad SMARTS) is 1. The molecule has 0 spiro atoms. The third kappa shape index (κ3) is 2.89. The molecule has 0 saturated heterocycles. The summed E-state index contributed by atoms with van der Waals surface area (Å²) in [5.74, 6) is -0.547. The topological polar surface area (TPSA) is 77.2 Å². The quantitative estimate of drug-likeness (QED) is 0.862. The summed E-state index contributed by atoms with van der Waals surface area (Å²) in [4.78, 5) is 15.3. The van der Waals surface area contributed by atoms with Crippen molar-refractivity contribution < 1.29 is 14.3 Å². The molecule has 1 aliphatic heterocycles. The molecular weight excluding hydrogens is 286 g/mol. The second-order valence-corrected chi connectivity index (χ2v) is 12.0. The van der Waals surface area contributed by atoms with Crippen LogP contribution >= 0.6 is 0 Å². The molecule has 7 heteroatoms. The van der Waals surface area contributed by atoms with Gasteiger partial charge in [0.25, 0.3) is 5.82 Å². The number of rotatable bonds is 4. The fourth-order valence-corrected chi connectivity index (χ4v) is 3.61. The van der Waals surface area contributed by atoms with Crippen molar-refractivity contribution in [2.75, 3.05) is 0 Å². The molecule has 0 saturated carbocycles. The second-order valence-electron chi connectivity index (χ2n) is 7.21. The molecule has 1 aromatic rings. The monoisotopic (exact) mass is 311 g/mol. The summed E-state index contributed by atoms with van der Waals surface area (Å²) in [6.07, 6.45) is 1.59. The van der Waals surface area contributed by atoms with Crippen LogP contribution in [-0.2, 0) is 4.43 Å². The molecule has 0 amide bonds. The molecule has 0 aromatic carbocycles. The van der Waals surface area contributed by atoms with E-state index >= 15 is 0 Å². The summed E-state index contributed by atoms with van der Waals surface area (Å²) in [6, 6.07) is 0.176. The van der Waals surface area contributed by atoms with Crippen molar-refractivity contribution in [1.29, 1.82) is 0 Å². The molecule has 118 valence electrons. The molecule has 1 aromatic heterocycles. The number of aromatic nitrogens is 3. The number of fused-ring (bicyclic) bond motifs is 1. The molecule has 21 heavy (non-hydrogen) atoms. The molecule has 0 fully saturated rings. The predicted octanol–water partition coefficient (Wildman–Crippen LogP) is 3.39. The first-order chi connectivity index (χ1) is 9.56. The first-order valence-corrected chi connectivity index (χ1v) is 10.3. The average Bonchev–Trinajstić information content (AvgIpc) is 2.88. The lowest BCUT2D eigenvalue weighted by Crippen LogP contribution is -2.41. The summed E-state index contributed by atoms with van der Waals surface area (Å²) in [5, 5.41) is 13.3. The van der Waals surface area contributed by atoms with Crippen LogP contribution in [0.15, 0.2) is 0 Å². The van der Waals surface area contributed by atoms with Gasteiger partial charge in [0.2, 0.25) is 0 Å². The van der Waals surface area contributed by atoms with Gasteiger partial charge in [0.05, 0.1) is 6.04 Å². The highest BCUT2D eigenvalue weighted by Crippen LogP contribution is 2.44. The molecule has 1 aliphatic rings. The van der Waals surface area contributed by atoms with Gasteiger partial charge in [0, 0.05) is 6.42 Å². The van der Waals surface area contributed by atoms with E-state index in [2.05, 4.69) is 50.9 Å². The molecular formula is C14H25N3O3Si. The van der Waals surface area contributed by atoms with Crippen molar-refractivity contribution in [1.82, 2.24) is 14.8 Å². The highest BCUT2D eigenvalue weighted by molar-refractivity contribution is 6.74. The largest absolute Gasteiger partial charge is 0.475 e. The summed E-state index contributed by atoms with van der Waals surface area (Å²) in [5.41, 5.74) is 0. The van der Waals surface area contributed by atoms with Crippen molar-refractivity contribution >= 4 is 14.3 Å². The number of hydrogen-bond donors (Lipinski definition) is 1. The van der Waals surface area contributed by atoms with E-state index in [1.54, 1.807) is 4.68 Å². The minimum Gasteiger partial charge on any atom is -0.475 e. The molecule has 0 bridgehead atoms. The minimum atomic E-state index is -1.93. The van der Waals surface area contributed by atoms with Gasteiger partial charge in [0.15, 0.2) is 14.1 Å². The summed E-state index contributed by atoms with van der Waals surface area (Å²) in [6.45, 7) is 13.1. The van der Waals surface area contributed by atoms with Crippen molar-refractivity contribution in [3.63, 3.8) is 0 Å². The van der Waals surface area contributed by atoms with Crippen molar-refractivity contribution in [2.45, 2.75) is 70.8 Å². The third-order valence-electron chi connectivity index (χ3n) is 4.68. The highest BCUT2D eigenvalue weighted by Gasteiger charge is 2.43. The van der Waals surface area contributed by atoms with E-state index in [1.165, 1.54) is 0 Å². The van der Waals surface area contributed by atoms with Crippen LogP contribution in [0.5, 0.6) is 0 Å². The van der Waals surface area contributed by atoms with Gasteiger partial charge in [-0.25, -0.2) is 14.5 Å². The second kappa shape index (κ2) is 5.21. The van der Waals surface area contributed by atoms with E-state index in [1.807, 2.05) is 0 Å². The lowest BCUT2D eigenvalue weighted by molar-refractivity contribution is 0.0682. The SMILES string of the molecule is CCC1CC(O[Si](C)(C)C(C)(C)C)c2nc(C(=O)O)nn21. The van der Waals surface area contributed by atoms with Crippen LogP contribution in [0.4, 0.5) is 0 Å². The average molecular weight is 311 g/mol. The highest BCUT2D eigenvalue weighted by atomic mass is 28.4. The van der Waals surface area contributed by atoms with Crippen LogP contribution in [-0.4, -0.2) is 34.2 Å². The van der Waals surface area contributed by atoms with E-state index in [0.29, 0.717) is 5.82 Å². The zero-order chi connectivity index (χ0) is 16.0. The van der Waals surface area contributed by atoms with Gasteiger partial charge in [0.1, 0.15) is 6.10 Å². The summed E-state index contributed by atoms with van der Waals surface area (Å²) in [7, 11) is -1.93. The normalized spacial score (nSPS) is 22.4. The van der Waals surface area contributed by atoms with E-state index < -0.39 is 14.3 Å². The lowest BCUT2D eigenvalue weighted by Gasteiger charge is -2.38. The Hall–Kier alpha value is -1.21. The van der Waals surface area contributed by atoms with Crippen LogP contribution in [0, 0.1) is 0 Å². The standard InChI is InChI=1S/C14H25N3O3Si/c1-7-9-8-10(20-21(5,6)14(2,3)4)12-15-11(13(18)19)16-17(9)12/h9-10H,7-8H2,1-6H3,(H,18,19). The first kappa shape index (κ1) is 16.2. The van der Waals surface area contributed by atoms with Gasteiger partial charge in [-0.1, -0.05) is 27.7 Å². The number of carboxylic acids is 1. The molecule has 0 radical (unpaired) electrons.